The van der Waals surface area contributed by atoms with Crippen LogP contribution in [0.1, 0.15) is 24.8 Å². The number of rotatable bonds is 6. The second-order valence-electron chi connectivity index (χ2n) is 6.04. The first-order valence-electron chi connectivity index (χ1n) is 8.50. The number of carbonyl (C=O) groups excluding carboxylic acids is 2. The number of hydrazone groups is 1. The summed E-state index contributed by atoms with van der Waals surface area (Å²) >= 11 is 0. The normalized spacial score (nSPS) is 13.2. The van der Waals surface area contributed by atoms with Gasteiger partial charge in [-0.1, -0.05) is 36.4 Å². The molecule has 0 aliphatic carbocycles. The first-order valence-corrected chi connectivity index (χ1v) is 8.50. The number of anilines is 1. The van der Waals surface area contributed by atoms with Crippen molar-refractivity contribution in [3.63, 3.8) is 0 Å². The van der Waals surface area contributed by atoms with Gasteiger partial charge in [0.2, 0.25) is 11.8 Å². The second-order valence-corrected chi connectivity index (χ2v) is 6.04. The molecule has 138 valence electrons. The average Bonchev–Trinajstić information content (AvgIpc) is 3.17. The van der Waals surface area contributed by atoms with Crippen molar-refractivity contribution in [1.29, 1.82) is 0 Å². The van der Waals surface area contributed by atoms with E-state index in [9.17, 15) is 19.7 Å². The Morgan fingerprint density at radius 2 is 1.89 bits per heavy atom. The van der Waals surface area contributed by atoms with Gasteiger partial charge >= 0.3 is 0 Å². The van der Waals surface area contributed by atoms with Gasteiger partial charge in [-0.05, 0) is 11.6 Å². The van der Waals surface area contributed by atoms with E-state index >= 15 is 0 Å². The van der Waals surface area contributed by atoms with Crippen LogP contribution in [0.5, 0.6) is 0 Å². The Bertz CT molecular complexity index is 896. The molecule has 27 heavy (non-hydrogen) atoms. The molecule has 8 heteroatoms. The van der Waals surface area contributed by atoms with Gasteiger partial charge in [-0.3, -0.25) is 19.7 Å². The summed E-state index contributed by atoms with van der Waals surface area (Å²) in [6.07, 6.45) is 0.677. The number of carbonyl (C=O) groups is 2. The van der Waals surface area contributed by atoms with Crippen LogP contribution in [0, 0.1) is 10.1 Å². The maximum Gasteiger partial charge on any atom is 0.271 e. The van der Waals surface area contributed by atoms with E-state index in [4.69, 9.17) is 0 Å². The van der Waals surface area contributed by atoms with Crippen LogP contribution in [-0.2, 0) is 9.59 Å². The number of benzene rings is 2. The van der Waals surface area contributed by atoms with Crippen LogP contribution in [0.15, 0.2) is 59.7 Å². The number of nitrogens with one attached hydrogen (secondary N) is 1. The lowest BCUT2D eigenvalue weighted by atomic mass is 10.1. The molecular formula is C19H18N4O4. The molecule has 0 spiro atoms. The van der Waals surface area contributed by atoms with E-state index in [0.29, 0.717) is 18.7 Å². The Hall–Kier alpha value is -3.55. The molecule has 0 bridgehead atoms. The number of nitrogens with zero attached hydrogens (tertiary/aromatic N) is 3. The van der Waals surface area contributed by atoms with E-state index in [-0.39, 0.29) is 30.3 Å². The van der Waals surface area contributed by atoms with Crippen LogP contribution < -0.4 is 5.32 Å². The van der Waals surface area contributed by atoms with Crippen molar-refractivity contribution < 1.29 is 14.5 Å². The number of hydrogen-bond donors (Lipinski definition) is 1. The van der Waals surface area contributed by atoms with Gasteiger partial charge in [0.1, 0.15) is 0 Å². The Morgan fingerprint density at radius 3 is 2.63 bits per heavy atom. The molecular weight excluding hydrogens is 348 g/mol. The first-order chi connectivity index (χ1) is 13.0. The van der Waals surface area contributed by atoms with Gasteiger partial charge in [-0.25, -0.2) is 5.01 Å². The molecule has 0 radical (unpaired) electrons. The van der Waals surface area contributed by atoms with Gasteiger partial charge in [0, 0.05) is 37.1 Å². The number of nitro benzene ring substituents is 1. The molecule has 0 atom stereocenters. The summed E-state index contributed by atoms with van der Waals surface area (Å²) < 4.78 is 0. The SMILES string of the molecule is O=C(CCC(=O)N1CCC(c2ccccc2)=N1)Nc1cccc([N+](=O)[O-])c1. The molecule has 1 aliphatic heterocycles. The molecule has 0 unspecified atom stereocenters. The van der Waals surface area contributed by atoms with Crippen LogP contribution in [0.2, 0.25) is 0 Å². The maximum absolute atomic E-state index is 12.3. The zero-order chi connectivity index (χ0) is 19.2. The van der Waals surface area contributed by atoms with Crippen molar-refractivity contribution >= 4 is 28.9 Å². The largest absolute Gasteiger partial charge is 0.326 e. The quantitative estimate of drug-likeness (QED) is 0.627. The van der Waals surface area contributed by atoms with Crippen LogP contribution in [0.25, 0.3) is 0 Å². The van der Waals surface area contributed by atoms with Gasteiger partial charge in [-0.15, -0.1) is 0 Å². The zero-order valence-electron chi connectivity index (χ0n) is 14.5. The van der Waals surface area contributed by atoms with Gasteiger partial charge in [0.05, 0.1) is 17.2 Å². The molecule has 2 aromatic rings. The topological polar surface area (TPSA) is 105 Å². The lowest BCUT2D eigenvalue weighted by Crippen LogP contribution is -2.25. The molecule has 0 fully saturated rings. The molecule has 2 aromatic carbocycles. The minimum atomic E-state index is -0.533. The Kier molecular flexibility index (Phi) is 5.55. The van der Waals surface area contributed by atoms with E-state index in [0.717, 1.165) is 11.3 Å². The van der Waals surface area contributed by atoms with E-state index in [1.807, 2.05) is 30.3 Å². The van der Waals surface area contributed by atoms with Crippen molar-refractivity contribution in [3.05, 3.63) is 70.3 Å². The molecule has 3 rings (SSSR count). The number of hydrogen-bond acceptors (Lipinski definition) is 5. The fraction of sp³-hybridized carbons (Fsp3) is 0.211. The van der Waals surface area contributed by atoms with E-state index in [2.05, 4.69) is 10.4 Å². The molecule has 0 saturated heterocycles. The summed E-state index contributed by atoms with van der Waals surface area (Å²) in [6.45, 7) is 0.496. The first kappa shape index (κ1) is 18.2. The third-order valence-corrected chi connectivity index (χ3v) is 4.10. The molecule has 0 saturated carbocycles. The predicted molar refractivity (Wildman–Crippen MR) is 100 cm³/mol. The van der Waals surface area contributed by atoms with Crippen LogP contribution in [0.4, 0.5) is 11.4 Å². The maximum atomic E-state index is 12.3. The van der Waals surface area contributed by atoms with Gasteiger partial charge in [0.15, 0.2) is 0 Å². The number of non-ortho nitro benzene ring substituents is 1. The Balaban J connectivity index is 1.52. The smallest absolute Gasteiger partial charge is 0.271 e. The van der Waals surface area contributed by atoms with Gasteiger partial charge in [-0.2, -0.15) is 5.10 Å². The van der Waals surface area contributed by atoms with E-state index in [1.165, 1.54) is 23.2 Å². The summed E-state index contributed by atoms with van der Waals surface area (Å²) in [5, 5.41) is 19.1. The molecule has 1 heterocycles. The minimum Gasteiger partial charge on any atom is -0.326 e. The van der Waals surface area contributed by atoms with Gasteiger partial charge < -0.3 is 5.32 Å². The molecule has 0 aromatic heterocycles. The van der Waals surface area contributed by atoms with Crippen LogP contribution in [-0.4, -0.2) is 34.0 Å². The zero-order valence-corrected chi connectivity index (χ0v) is 14.5. The third kappa shape index (κ3) is 4.75. The highest BCUT2D eigenvalue weighted by Gasteiger charge is 2.22. The monoisotopic (exact) mass is 366 g/mol. The van der Waals surface area contributed by atoms with Crippen molar-refractivity contribution in [2.45, 2.75) is 19.3 Å². The summed E-state index contributed by atoms with van der Waals surface area (Å²) in [5.74, 6) is -0.606. The van der Waals surface area contributed by atoms with E-state index in [1.54, 1.807) is 6.07 Å². The average molecular weight is 366 g/mol. The van der Waals surface area contributed by atoms with Crippen molar-refractivity contribution in [2.24, 2.45) is 5.10 Å². The highest BCUT2D eigenvalue weighted by Crippen LogP contribution is 2.18. The second kappa shape index (κ2) is 8.22. The Morgan fingerprint density at radius 1 is 1.11 bits per heavy atom. The number of nitro groups is 1. The molecule has 2 amide bonds. The third-order valence-electron chi connectivity index (χ3n) is 4.10. The summed E-state index contributed by atoms with van der Waals surface area (Å²) in [4.78, 5) is 34.5. The van der Waals surface area contributed by atoms with Crippen molar-refractivity contribution in [3.8, 4) is 0 Å². The van der Waals surface area contributed by atoms with Gasteiger partial charge in [0.25, 0.3) is 5.69 Å². The van der Waals surface area contributed by atoms with Crippen molar-refractivity contribution in [1.82, 2.24) is 5.01 Å². The summed E-state index contributed by atoms with van der Waals surface area (Å²) in [5.41, 5.74) is 2.05. The lowest BCUT2D eigenvalue weighted by Gasteiger charge is -2.11. The minimum absolute atomic E-state index is 0.0196. The fourth-order valence-electron chi connectivity index (χ4n) is 2.74. The fourth-order valence-corrected chi connectivity index (χ4v) is 2.74. The summed E-state index contributed by atoms with van der Waals surface area (Å²) in [6, 6.07) is 15.3. The van der Waals surface area contributed by atoms with E-state index < -0.39 is 4.92 Å². The predicted octanol–water partition coefficient (Wildman–Crippen LogP) is 2.95. The lowest BCUT2D eigenvalue weighted by molar-refractivity contribution is -0.384. The standard InChI is InChI=1S/C19H18N4O4/c24-18(20-15-7-4-8-16(13-15)23(26)27)9-10-19(25)22-12-11-17(21-22)14-5-2-1-3-6-14/h1-8,13H,9-12H2,(H,20,24). The highest BCUT2D eigenvalue weighted by atomic mass is 16.6. The number of amides is 2. The molecule has 1 N–H and O–H groups in total. The highest BCUT2D eigenvalue weighted by molar-refractivity contribution is 6.02. The Labute approximate surface area is 155 Å². The van der Waals surface area contributed by atoms with Crippen LogP contribution in [0.3, 0.4) is 0 Å². The summed E-state index contributed by atoms with van der Waals surface area (Å²) in [7, 11) is 0. The van der Waals surface area contributed by atoms with Crippen molar-refractivity contribution in [2.75, 3.05) is 11.9 Å². The van der Waals surface area contributed by atoms with Crippen LogP contribution >= 0.6 is 0 Å². The molecule has 1 aliphatic rings. The molecule has 8 nitrogen and oxygen atoms in total.